The molecule has 2 heterocycles. The number of rotatable bonds is 9. The van der Waals surface area contributed by atoms with E-state index in [9.17, 15) is 40.7 Å². The van der Waals surface area contributed by atoms with Gasteiger partial charge in [0.25, 0.3) is 11.8 Å². The average Bonchev–Trinajstić information content (AvgIpc) is 3.18. The molecule has 1 saturated heterocycles. The molecule has 0 unspecified atom stereocenters. The van der Waals surface area contributed by atoms with E-state index >= 15 is 0 Å². The maximum absolute atomic E-state index is 13.4. The fourth-order valence-electron chi connectivity index (χ4n) is 5.18. The number of unbranched alkanes of at least 4 members (excludes halogenated alkanes) is 2. The van der Waals surface area contributed by atoms with Crippen LogP contribution in [0.25, 0.3) is 0 Å². The van der Waals surface area contributed by atoms with Gasteiger partial charge in [-0.05, 0) is 80.9 Å². The lowest BCUT2D eigenvalue weighted by Crippen LogP contribution is -2.50. The van der Waals surface area contributed by atoms with E-state index in [4.69, 9.17) is 5.26 Å². The topological polar surface area (TPSA) is 96.8 Å². The molecule has 0 aliphatic carbocycles. The van der Waals surface area contributed by atoms with Gasteiger partial charge in [0, 0.05) is 47.9 Å². The van der Waals surface area contributed by atoms with Crippen LogP contribution in [0.4, 0.5) is 42.5 Å². The second kappa shape index (κ2) is 13.9. The third-order valence-corrected chi connectivity index (χ3v) is 8.23. The average molecular weight is 654 g/mol. The van der Waals surface area contributed by atoms with Crippen LogP contribution in [0.1, 0.15) is 43.7 Å². The van der Waals surface area contributed by atoms with Gasteiger partial charge in [-0.15, -0.1) is 0 Å². The Balaban J connectivity index is 1.20. The van der Waals surface area contributed by atoms with Crippen LogP contribution >= 0.6 is 11.8 Å². The molecule has 1 N–H and O–H groups in total. The van der Waals surface area contributed by atoms with Crippen LogP contribution in [-0.2, 0) is 15.8 Å². The zero-order valence-corrected chi connectivity index (χ0v) is 24.9. The monoisotopic (exact) mass is 653 g/mol. The van der Waals surface area contributed by atoms with Crippen LogP contribution in [0.2, 0.25) is 0 Å². The Morgan fingerprint density at radius 3 is 2.31 bits per heavy atom. The minimum absolute atomic E-state index is 0.0244. The number of nitriles is 1. The number of nitrogens with one attached hydrogen (secondary N) is 1. The number of nitrogens with zero attached hydrogens (tertiary/aromatic N) is 4. The zero-order valence-electron chi connectivity index (χ0n) is 24.1. The fraction of sp³-hybridized carbons (Fsp3) is 0.400. The van der Waals surface area contributed by atoms with Gasteiger partial charge in [-0.3, -0.25) is 14.5 Å². The third-order valence-electron chi connectivity index (χ3n) is 7.50. The molecule has 1 fully saturated rings. The maximum atomic E-state index is 13.4. The molecule has 0 radical (unpaired) electrons. The van der Waals surface area contributed by atoms with Gasteiger partial charge < -0.3 is 10.2 Å². The number of alkyl halides is 6. The first-order valence-electron chi connectivity index (χ1n) is 14.0. The Labute approximate surface area is 259 Å². The maximum Gasteiger partial charge on any atom is 0.446 e. The first kappa shape index (κ1) is 33.9. The molecule has 4 rings (SSSR count). The van der Waals surface area contributed by atoms with E-state index in [1.54, 1.807) is 4.90 Å². The van der Waals surface area contributed by atoms with Crippen LogP contribution < -0.4 is 10.2 Å². The van der Waals surface area contributed by atoms with E-state index in [1.807, 2.05) is 0 Å². The van der Waals surface area contributed by atoms with Crippen molar-refractivity contribution in [1.29, 1.82) is 5.26 Å². The number of amides is 4. The highest BCUT2D eigenvalue weighted by atomic mass is 32.2. The highest BCUT2D eigenvalue weighted by Gasteiger charge is 2.39. The minimum Gasteiger partial charge on any atom is -0.322 e. The normalized spacial score (nSPS) is 16.4. The van der Waals surface area contributed by atoms with Crippen molar-refractivity contribution < 1.29 is 40.7 Å². The van der Waals surface area contributed by atoms with Gasteiger partial charge in [0.05, 0.1) is 22.9 Å². The summed E-state index contributed by atoms with van der Waals surface area (Å²) in [4.78, 5) is 42.9. The lowest BCUT2D eigenvalue weighted by atomic mass is 10.0. The van der Waals surface area contributed by atoms with E-state index in [0.29, 0.717) is 38.7 Å². The van der Waals surface area contributed by atoms with Crippen molar-refractivity contribution in [3.63, 3.8) is 0 Å². The summed E-state index contributed by atoms with van der Waals surface area (Å²) in [7, 11) is 0. The molecule has 0 aromatic heterocycles. The first-order valence-corrected chi connectivity index (χ1v) is 14.8. The number of urea groups is 1. The predicted octanol–water partition coefficient (Wildman–Crippen LogP) is 6.79. The molecule has 2 aromatic rings. The van der Waals surface area contributed by atoms with Crippen molar-refractivity contribution in [1.82, 2.24) is 9.80 Å². The Bertz CT molecular complexity index is 1530. The van der Waals surface area contributed by atoms with Gasteiger partial charge in [-0.1, -0.05) is 12.5 Å². The molecule has 2 aliphatic heterocycles. The van der Waals surface area contributed by atoms with Crippen molar-refractivity contribution in [3.05, 3.63) is 64.7 Å². The molecule has 240 valence electrons. The quantitative estimate of drug-likeness (QED) is 0.139. The molecule has 2 aliphatic rings. The molecular weight excluding hydrogens is 624 g/mol. The van der Waals surface area contributed by atoms with Crippen molar-refractivity contribution in [3.8, 4) is 6.07 Å². The molecule has 15 heteroatoms. The van der Waals surface area contributed by atoms with Crippen LogP contribution in [0.3, 0.4) is 0 Å². The number of carbonyl (C=O) groups excluding carboxylic acids is 3. The Hall–Kier alpha value is -4.03. The predicted molar refractivity (Wildman–Crippen MR) is 155 cm³/mol. The molecule has 8 nitrogen and oxygen atoms in total. The van der Waals surface area contributed by atoms with Crippen LogP contribution in [0.15, 0.2) is 58.5 Å². The minimum atomic E-state index is -4.83. The summed E-state index contributed by atoms with van der Waals surface area (Å²) in [6.45, 7) is 4.29. The number of thioether (sulfide) groups is 1. The molecule has 45 heavy (non-hydrogen) atoms. The lowest BCUT2D eigenvalue weighted by molar-refractivity contribution is -0.138. The summed E-state index contributed by atoms with van der Waals surface area (Å²) < 4.78 is 78.2. The van der Waals surface area contributed by atoms with Gasteiger partial charge >= 0.3 is 17.7 Å². The number of hydrogen-bond donors (Lipinski definition) is 1. The number of benzene rings is 2. The molecule has 0 saturated carbocycles. The zero-order chi connectivity index (χ0) is 32.9. The highest BCUT2D eigenvalue weighted by molar-refractivity contribution is 8.00. The third kappa shape index (κ3) is 8.58. The number of imide groups is 1. The summed E-state index contributed by atoms with van der Waals surface area (Å²) in [6, 6.07) is 9.37. The standard InChI is InChI=1S/C30H29F6N5O3S/c1-19-24(27(43)41(26(19)42)22-10-9-20(18-37)25(17-22)29(31,32)33)8-3-2-4-11-39-12-14-40(15-13-39)28(44)38-21-6-5-7-23(16-21)45-30(34,35)36/h5-7,9-10,16-17H,2-4,8,11-15H2,1H3,(H,38,44). The van der Waals surface area contributed by atoms with E-state index < -0.39 is 40.7 Å². The number of hydrogen-bond acceptors (Lipinski definition) is 6. The number of carbonyl (C=O) groups is 3. The molecular formula is C30H29F6N5O3S. The van der Waals surface area contributed by atoms with Gasteiger partial charge in [0.1, 0.15) is 0 Å². The Morgan fingerprint density at radius 1 is 0.956 bits per heavy atom. The summed E-state index contributed by atoms with van der Waals surface area (Å²) in [5.41, 5.74) is -5.79. The fourth-order valence-corrected chi connectivity index (χ4v) is 5.78. The summed E-state index contributed by atoms with van der Waals surface area (Å²) in [5, 5.41) is 11.7. The molecule has 0 spiro atoms. The molecule has 2 aromatic carbocycles. The van der Waals surface area contributed by atoms with Crippen molar-refractivity contribution in [2.75, 3.05) is 42.9 Å². The van der Waals surface area contributed by atoms with Crippen molar-refractivity contribution >= 4 is 41.0 Å². The second-order valence-corrected chi connectivity index (χ2v) is 11.7. The SMILES string of the molecule is CC1=C(CCCCCN2CCN(C(=O)Nc3cccc(SC(F)(F)F)c3)CC2)C(=O)N(c2ccc(C#N)c(C(F)(F)F)c2)C1=O. The van der Waals surface area contributed by atoms with Gasteiger partial charge in [0.15, 0.2) is 0 Å². The number of piperazine rings is 1. The van der Waals surface area contributed by atoms with Gasteiger partial charge in [-0.25, -0.2) is 9.69 Å². The molecule has 0 atom stereocenters. The van der Waals surface area contributed by atoms with Crippen molar-refractivity contribution in [2.24, 2.45) is 0 Å². The first-order chi connectivity index (χ1) is 21.2. The summed E-state index contributed by atoms with van der Waals surface area (Å²) in [6.07, 6.45) is -2.47. The molecule has 4 amide bonds. The number of halogens is 6. The van der Waals surface area contributed by atoms with Gasteiger partial charge in [-0.2, -0.15) is 31.6 Å². The van der Waals surface area contributed by atoms with Crippen molar-refractivity contribution in [2.45, 2.75) is 49.2 Å². The molecule has 0 bridgehead atoms. The van der Waals surface area contributed by atoms with Crippen LogP contribution in [-0.4, -0.2) is 65.9 Å². The van der Waals surface area contributed by atoms with Crippen LogP contribution in [0.5, 0.6) is 0 Å². The van der Waals surface area contributed by atoms with E-state index in [2.05, 4.69) is 10.2 Å². The highest BCUT2D eigenvalue weighted by Crippen LogP contribution is 2.38. The van der Waals surface area contributed by atoms with Crippen LogP contribution in [0, 0.1) is 11.3 Å². The summed E-state index contributed by atoms with van der Waals surface area (Å²) in [5.74, 6) is -1.36. The second-order valence-electron chi connectivity index (χ2n) is 10.5. The largest absolute Gasteiger partial charge is 0.446 e. The summed E-state index contributed by atoms with van der Waals surface area (Å²) >= 11 is -0.253. The van der Waals surface area contributed by atoms with E-state index in [0.717, 1.165) is 36.4 Å². The number of anilines is 2. The Kier molecular flexibility index (Phi) is 10.5. The smallest absolute Gasteiger partial charge is 0.322 e. The lowest BCUT2D eigenvalue weighted by Gasteiger charge is -2.34. The van der Waals surface area contributed by atoms with E-state index in [1.165, 1.54) is 37.3 Å². The Morgan fingerprint density at radius 2 is 1.67 bits per heavy atom. The van der Waals surface area contributed by atoms with E-state index in [-0.39, 0.29) is 45.6 Å². The van der Waals surface area contributed by atoms with Gasteiger partial charge in [0.2, 0.25) is 0 Å².